The largest absolute Gasteiger partial charge is 0.495 e. The molecule has 0 atom stereocenters. The first kappa shape index (κ1) is 28.6. The van der Waals surface area contributed by atoms with Gasteiger partial charge < -0.3 is 19.8 Å². The number of furan rings is 1. The molecule has 0 spiro atoms. The predicted octanol–water partition coefficient (Wildman–Crippen LogP) is 6.86. The molecule has 0 unspecified atom stereocenters. The van der Waals surface area contributed by atoms with Gasteiger partial charge in [0.15, 0.2) is 5.76 Å². The highest BCUT2D eigenvalue weighted by molar-refractivity contribution is 8.04. The molecule has 1 aliphatic heterocycles. The van der Waals surface area contributed by atoms with Crippen molar-refractivity contribution in [3.05, 3.63) is 113 Å². The number of methoxy groups -OCH3 is 1. The number of amides is 3. The Kier molecular flexibility index (Phi) is 7.81. The van der Waals surface area contributed by atoms with Crippen LogP contribution in [-0.4, -0.2) is 24.8 Å². The Morgan fingerprint density at radius 2 is 1.67 bits per heavy atom. The number of rotatable bonds is 8. The minimum absolute atomic E-state index is 0.0138. The smallest absolute Gasteiger partial charge is 0.416 e. The van der Waals surface area contributed by atoms with Gasteiger partial charge in [-0.1, -0.05) is 17.8 Å². The number of halogens is 3. The summed E-state index contributed by atoms with van der Waals surface area (Å²) in [5.41, 5.74) is 0.769. The van der Waals surface area contributed by atoms with E-state index in [4.69, 9.17) is 9.15 Å². The van der Waals surface area contributed by atoms with E-state index in [2.05, 4.69) is 10.6 Å². The Hall–Kier alpha value is -4.97. The summed E-state index contributed by atoms with van der Waals surface area (Å²) in [6.45, 7) is 1.84. The van der Waals surface area contributed by atoms with Gasteiger partial charge >= 0.3 is 6.18 Å². The normalized spacial score (nSPS) is 13.5. The lowest BCUT2D eigenvalue weighted by Crippen LogP contribution is -2.32. The molecule has 1 aliphatic rings. The maximum atomic E-state index is 13.6. The Morgan fingerprint density at radius 1 is 0.952 bits per heavy atom. The molecule has 8 nitrogen and oxygen atoms in total. The summed E-state index contributed by atoms with van der Waals surface area (Å²) >= 11 is 0.992. The van der Waals surface area contributed by atoms with Crippen molar-refractivity contribution in [2.45, 2.75) is 18.0 Å². The van der Waals surface area contributed by atoms with Gasteiger partial charge in [0.05, 0.1) is 30.3 Å². The van der Waals surface area contributed by atoms with Crippen LogP contribution < -0.4 is 20.3 Å². The molecule has 2 N–H and O–H groups in total. The van der Waals surface area contributed by atoms with E-state index < -0.39 is 29.5 Å². The van der Waals surface area contributed by atoms with Crippen molar-refractivity contribution in [2.75, 3.05) is 22.6 Å². The first-order valence-corrected chi connectivity index (χ1v) is 13.2. The van der Waals surface area contributed by atoms with Crippen LogP contribution in [0.3, 0.4) is 0 Å². The Labute approximate surface area is 242 Å². The van der Waals surface area contributed by atoms with Gasteiger partial charge in [-0.3, -0.25) is 14.4 Å². The van der Waals surface area contributed by atoms with Gasteiger partial charge in [-0.25, -0.2) is 4.90 Å². The fraction of sp³-hybridized carbons (Fsp3) is 0.100. The second-order valence-electron chi connectivity index (χ2n) is 9.08. The highest BCUT2D eigenvalue weighted by atomic mass is 32.2. The highest BCUT2D eigenvalue weighted by Gasteiger charge is 2.41. The molecular weight excluding hydrogens is 571 g/mol. The number of nitrogens with zero attached hydrogens (tertiary/aromatic N) is 1. The van der Waals surface area contributed by atoms with Gasteiger partial charge in [0, 0.05) is 10.6 Å². The molecule has 12 heteroatoms. The third-order valence-electron chi connectivity index (χ3n) is 6.19. The molecule has 4 aromatic rings. The molecule has 3 amide bonds. The average Bonchev–Trinajstić information content (AvgIpc) is 3.58. The van der Waals surface area contributed by atoms with Crippen LogP contribution in [0.2, 0.25) is 0 Å². The number of alkyl halides is 3. The second-order valence-corrected chi connectivity index (χ2v) is 10.2. The number of aryl methyl sites for hydroxylation is 1. The van der Waals surface area contributed by atoms with E-state index in [9.17, 15) is 27.6 Å². The molecule has 214 valence electrons. The fourth-order valence-electron chi connectivity index (χ4n) is 4.13. The average molecular weight is 594 g/mol. The topological polar surface area (TPSA) is 101 Å². The number of thioether (sulfide) groups is 1. The summed E-state index contributed by atoms with van der Waals surface area (Å²) < 4.78 is 49.9. The van der Waals surface area contributed by atoms with Crippen LogP contribution >= 0.6 is 11.8 Å². The van der Waals surface area contributed by atoms with Gasteiger partial charge in [0.1, 0.15) is 16.4 Å². The molecule has 0 radical (unpaired) electrons. The maximum absolute atomic E-state index is 13.6. The van der Waals surface area contributed by atoms with Crippen molar-refractivity contribution in [1.82, 2.24) is 0 Å². The van der Waals surface area contributed by atoms with Crippen molar-refractivity contribution in [1.29, 1.82) is 0 Å². The van der Waals surface area contributed by atoms with Gasteiger partial charge in [0.25, 0.3) is 17.7 Å². The van der Waals surface area contributed by atoms with Crippen LogP contribution in [0, 0.1) is 6.92 Å². The Bertz CT molecular complexity index is 1680. The maximum Gasteiger partial charge on any atom is 0.416 e. The zero-order valence-electron chi connectivity index (χ0n) is 22.1. The van der Waals surface area contributed by atoms with Crippen LogP contribution in [0.4, 0.5) is 30.2 Å². The summed E-state index contributed by atoms with van der Waals surface area (Å²) in [6, 6.07) is 18.7. The van der Waals surface area contributed by atoms with E-state index in [1.54, 1.807) is 42.5 Å². The van der Waals surface area contributed by atoms with Crippen molar-refractivity contribution in [3.8, 4) is 5.75 Å². The second kappa shape index (κ2) is 11.5. The summed E-state index contributed by atoms with van der Waals surface area (Å²) in [6.07, 6.45) is -3.19. The number of ether oxygens (including phenoxy) is 1. The van der Waals surface area contributed by atoms with E-state index in [-0.39, 0.29) is 22.0 Å². The number of benzene rings is 3. The monoisotopic (exact) mass is 593 g/mol. The lowest BCUT2D eigenvalue weighted by atomic mass is 10.2. The van der Waals surface area contributed by atoms with Crippen molar-refractivity contribution >= 4 is 46.5 Å². The summed E-state index contributed by atoms with van der Waals surface area (Å²) in [7, 11) is 1.46. The fourth-order valence-corrected chi connectivity index (χ4v) is 5.05. The molecule has 42 heavy (non-hydrogen) atoms. The summed E-state index contributed by atoms with van der Waals surface area (Å²) in [5.74, 6) is -1.34. The predicted molar refractivity (Wildman–Crippen MR) is 151 cm³/mol. The molecule has 0 saturated carbocycles. The van der Waals surface area contributed by atoms with Crippen LogP contribution in [0.5, 0.6) is 5.75 Å². The summed E-state index contributed by atoms with van der Waals surface area (Å²) in [4.78, 5) is 40.9. The van der Waals surface area contributed by atoms with E-state index in [0.717, 1.165) is 46.5 Å². The molecule has 0 saturated heterocycles. The molecule has 3 aromatic carbocycles. The standard InChI is InChI=1S/C30H22F3N3O5S/c1-17-5-14-23(40-2)22(16-17)35-25-26(29(39)36(28(25)38)20-10-6-18(7-11-20)30(31,32)33)42-21-12-8-19(9-13-21)34-27(37)24-4-3-15-41-24/h3-16,35H,1-2H3,(H,34,37). The zero-order chi connectivity index (χ0) is 30.0. The van der Waals surface area contributed by atoms with E-state index in [0.29, 0.717) is 22.0 Å². The number of carbonyl (C=O) groups is 3. The Balaban J connectivity index is 1.46. The third-order valence-corrected chi connectivity index (χ3v) is 7.28. The van der Waals surface area contributed by atoms with Crippen LogP contribution in [0.1, 0.15) is 21.7 Å². The third kappa shape index (κ3) is 5.88. The van der Waals surface area contributed by atoms with Gasteiger partial charge in [-0.15, -0.1) is 0 Å². The number of carbonyl (C=O) groups excluding carboxylic acids is 3. The van der Waals surface area contributed by atoms with Gasteiger partial charge in [-0.2, -0.15) is 13.2 Å². The molecule has 0 aliphatic carbocycles. The van der Waals surface area contributed by atoms with Gasteiger partial charge in [0.2, 0.25) is 0 Å². The van der Waals surface area contributed by atoms with Gasteiger partial charge in [-0.05, 0) is 85.3 Å². The molecule has 0 bridgehead atoms. The molecule has 2 heterocycles. The van der Waals surface area contributed by atoms with E-state index in [1.165, 1.54) is 19.4 Å². The number of hydrogen-bond donors (Lipinski definition) is 2. The molecule has 0 fully saturated rings. The van der Waals surface area contributed by atoms with Crippen LogP contribution in [0.15, 0.2) is 105 Å². The number of hydrogen-bond acceptors (Lipinski definition) is 7. The Morgan fingerprint density at radius 3 is 2.29 bits per heavy atom. The lowest BCUT2D eigenvalue weighted by molar-refractivity contribution is -0.137. The SMILES string of the molecule is COc1ccc(C)cc1NC1=C(Sc2ccc(NC(=O)c3ccco3)cc2)C(=O)N(c2ccc(C(F)(F)F)cc2)C1=O. The minimum atomic E-state index is -4.57. The summed E-state index contributed by atoms with van der Waals surface area (Å²) in [5, 5.41) is 5.71. The molecular formula is C30H22F3N3O5S. The van der Waals surface area contributed by atoms with Crippen molar-refractivity contribution in [3.63, 3.8) is 0 Å². The van der Waals surface area contributed by atoms with Crippen LogP contribution in [-0.2, 0) is 15.8 Å². The zero-order valence-corrected chi connectivity index (χ0v) is 22.9. The molecule has 5 rings (SSSR count). The quantitative estimate of drug-likeness (QED) is 0.215. The first-order valence-electron chi connectivity index (χ1n) is 12.4. The lowest BCUT2D eigenvalue weighted by Gasteiger charge is -2.17. The highest BCUT2D eigenvalue weighted by Crippen LogP contribution is 2.40. The van der Waals surface area contributed by atoms with Crippen molar-refractivity contribution in [2.24, 2.45) is 0 Å². The van der Waals surface area contributed by atoms with E-state index in [1.807, 2.05) is 13.0 Å². The molecule has 1 aromatic heterocycles. The number of imide groups is 1. The van der Waals surface area contributed by atoms with Crippen LogP contribution in [0.25, 0.3) is 0 Å². The van der Waals surface area contributed by atoms with E-state index >= 15 is 0 Å². The number of nitrogens with one attached hydrogen (secondary N) is 2. The van der Waals surface area contributed by atoms with Crippen molar-refractivity contribution < 1.29 is 36.7 Å². The first-order chi connectivity index (χ1) is 20.0. The number of anilines is 3. The minimum Gasteiger partial charge on any atom is -0.495 e.